The van der Waals surface area contributed by atoms with Crippen LogP contribution in [-0.2, 0) is 27.6 Å². The molecule has 4 aromatic carbocycles. The highest BCUT2D eigenvalue weighted by Gasteiger charge is 2.46. The molecule has 0 aliphatic heterocycles. The number of benzene rings is 4. The third kappa shape index (κ3) is 15.3. The monoisotopic (exact) mass is 862 g/mol. The van der Waals surface area contributed by atoms with Crippen LogP contribution in [0.15, 0.2) is 89.9 Å². The average Bonchev–Trinajstić information content (AvgIpc) is 3.24. The SMILES string of the molecule is CCCCCCCCOc1ccc(C(C)(C)C)cc1C(O)(c1cc(C(C)(C)C)ccc1OCCCCCCCC)C(Cc1ccccc1)N=Cc1cc(C(=O)OC(C)C)ccc1O. The van der Waals surface area contributed by atoms with Crippen LogP contribution in [0.3, 0.4) is 0 Å². The van der Waals surface area contributed by atoms with E-state index >= 15 is 0 Å². The molecule has 7 heteroatoms. The molecule has 7 nitrogen and oxygen atoms in total. The zero-order chi connectivity index (χ0) is 46.0. The van der Waals surface area contributed by atoms with Gasteiger partial charge in [0.1, 0.15) is 22.8 Å². The normalized spacial score (nSPS) is 12.8. The maximum absolute atomic E-state index is 14.4. The van der Waals surface area contributed by atoms with Gasteiger partial charge < -0.3 is 24.4 Å². The Kier molecular flexibility index (Phi) is 19.8. The molecule has 0 aliphatic carbocycles. The van der Waals surface area contributed by atoms with E-state index in [4.69, 9.17) is 19.2 Å². The van der Waals surface area contributed by atoms with Crippen molar-refractivity contribution in [3.63, 3.8) is 0 Å². The molecule has 4 rings (SSSR count). The Labute approximate surface area is 380 Å². The number of aromatic hydroxyl groups is 1. The van der Waals surface area contributed by atoms with Gasteiger partial charge in [0.15, 0.2) is 0 Å². The Hall–Kier alpha value is -4.62. The lowest BCUT2D eigenvalue weighted by Gasteiger charge is -2.39. The number of aliphatic hydroxyl groups is 1. The van der Waals surface area contributed by atoms with Crippen LogP contribution >= 0.6 is 0 Å². The van der Waals surface area contributed by atoms with Crippen LogP contribution < -0.4 is 9.47 Å². The first-order valence-electron chi connectivity index (χ1n) is 23.9. The first kappa shape index (κ1) is 51.0. The zero-order valence-electron chi connectivity index (χ0n) is 40.4. The predicted octanol–water partition coefficient (Wildman–Crippen LogP) is 14.0. The summed E-state index contributed by atoms with van der Waals surface area (Å²) >= 11 is 0. The quantitative estimate of drug-likeness (QED) is 0.0391. The highest BCUT2D eigenvalue weighted by molar-refractivity contribution is 5.93. The number of phenolic OH excluding ortho intramolecular Hbond substituents is 1. The summed E-state index contributed by atoms with van der Waals surface area (Å²) in [6, 6.07) is 26.3. The molecular weight excluding hydrogens is 783 g/mol. The smallest absolute Gasteiger partial charge is 0.338 e. The second-order valence-corrected chi connectivity index (χ2v) is 19.6. The molecule has 0 fully saturated rings. The number of phenols is 1. The van der Waals surface area contributed by atoms with Gasteiger partial charge in [0.05, 0.1) is 30.9 Å². The Morgan fingerprint density at radius 1 is 0.651 bits per heavy atom. The number of unbranched alkanes of at least 4 members (excludes halogenated alkanes) is 10. The molecule has 0 bridgehead atoms. The number of ether oxygens (including phenoxy) is 3. The fourth-order valence-electron chi connectivity index (χ4n) is 7.86. The minimum absolute atomic E-state index is 0.0442. The molecule has 0 radical (unpaired) electrons. The van der Waals surface area contributed by atoms with Crippen LogP contribution in [0, 0.1) is 0 Å². The lowest BCUT2D eigenvalue weighted by molar-refractivity contribution is 0.0377. The average molecular weight is 862 g/mol. The summed E-state index contributed by atoms with van der Waals surface area (Å²) in [6.45, 7) is 22.1. The Bertz CT molecular complexity index is 1940. The second-order valence-electron chi connectivity index (χ2n) is 19.6. The maximum Gasteiger partial charge on any atom is 0.338 e. The summed E-state index contributed by atoms with van der Waals surface area (Å²) in [5.74, 6) is 0.653. The van der Waals surface area contributed by atoms with Crippen LogP contribution in [0.4, 0.5) is 0 Å². The van der Waals surface area contributed by atoms with E-state index < -0.39 is 17.6 Å². The van der Waals surface area contributed by atoms with Crippen LogP contribution in [0.25, 0.3) is 0 Å². The fourth-order valence-corrected chi connectivity index (χ4v) is 7.86. The zero-order valence-corrected chi connectivity index (χ0v) is 40.4. The largest absolute Gasteiger partial charge is 0.507 e. The van der Waals surface area contributed by atoms with Gasteiger partial charge >= 0.3 is 5.97 Å². The summed E-state index contributed by atoms with van der Waals surface area (Å²) < 4.78 is 19.1. The molecule has 0 spiro atoms. The summed E-state index contributed by atoms with van der Waals surface area (Å²) in [7, 11) is 0. The molecule has 1 unspecified atom stereocenters. The number of rotatable bonds is 25. The predicted molar refractivity (Wildman–Crippen MR) is 261 cm³/mol. The van der Waals surface area contributed by atoms with Crippen molar-refractivity contribution in [1.29, 1.82) is 0 Å². The summed E-state index contributed by atoms with van der Waals surface area (Å²) in [6.07, 6.45) is 15.1. The number of hydrogen-bond donors (Lipinski definition) is 2. The van der Waals surface area contributed by atoms with Gasteiger partial charge in [-0.1, -0.05) is 162 Å². The van der Waals surface area contributed by atoms with Gasteiger partial charge in [0, 0.05) is 22.9 Å². The van der Waals surface area contributed by atoms with Gasteiger partial charge in [0.2, 0.25) is 0 Å². The van der Waals surface area contributed by atoms with E-state index in [1.54, 1.807) is 32.2 Å². The molecule has 0 aliphatic rings. The van der Waals surface area contributed by atoms with E-state index in [-0.39, 0.29) is 22.7 Å². The molecule has 344 valence electrons. The molecule has 0 saturated heterocycles. The van der Waals surface area contributed by atoms with Gasteiger partial charge in [-0.05, 0) is 103 Å². The van der Waals surface area contributed by atoms with Crippen molar-refractivity contribution < 1.29 is 29.2 Å². The highest BCUT2D eigenvalue weighted by atomic mass is 16.5. The molecule has 0 aromatic heterocycles. The second kappa shape index (κ2) is 24.4. The standard InChI is InChI=1S/C56H79NO6/c1-11-13-15-17-19-24-34-61-50-32-29-45(54(5,6)7)38-47(50)56(60,48-39-46(55(8,9)10)30-33-51(48)62-35-25-20-18-16-14-12-2)52(36-42-26-22-21-23-27-42)57-40-44-37-43(28-31-49(44)58)53(59)63-41(3)4/h21-23,26-33,37-41,52,58,60H,11-20,24-25,34-36H2,1-10H3. The lowest BCUT2D eigenvalue weighted by atomic mass is 9.73. The van der Waals surface area contributed by atoms with E-state index in [2.05, 4.69) is 79.7 Å². The van der Waals surface area contributed by atoms with Crippen molar-refractivity contribution in [3.8, 4) is 17.2 Å². The minimum atomic E-state index is -1.83. The van der Waals surface area contributed by atoms with Crippen molar-refractivity contribution in [2.45, 2.75) is 181 Å². The van der Waals surface area contributed by atoms with Crippen LogP contribution in [0.1, 0.15) is 190 Å². The van der Waals surface area contributed by atoms with Gasteiger partial charge in [-0.3, -0.25) is 4.99 Å². The Balaban J connectivity index is 2.03. The Morgan fingerprint density at radius 3 is 1.62 bits per heavy atom. The topological polar surface area (TPSA) is 97.6 Å². The fraction of sp³-hybridized carbons (Fsp3) is 0.536. The van der Waals surface area contributed by atoms with Gasteiger partial charge in [-0.25, -0.2) is 4.79 Å². The molecule has 0 heterocycles. The molecular formula is C56H79NO6. The number of carbonyl (C=O) groups excluding carboxylic acids is 1. The van der Waals surface area contributed by atoms with Crippen LogP contribution in [-0.4, -0.2) is 47.8 Å². The third-order valence-electron chi connectivity index (χ3n) is 11.8. The number of aliphatic imine (C=N–C) groups is 1. The Morgan fingerprint density at radius 2 is 1.14 bits per heavy atom. The molecule has 0 amide bonds. The number of esters is 1. The summed E-state index contributed by atoms with van der Waals surface area (Å²) in [5.41, 5.74) is 2.55. The first-order valence-corrected chi connectivity index (χ1v) is 23.9. The summed E-state index contributed by atoms with van der Waals surface area (Å²) in [5, 5.41) is 25.6. The van der Waals surface area contributed by atoms with E-state index in [9.17, 15) is 15.0 Å². The van der Waals surface area contributed by atoms with Crippen molar-refractivity contribution in [2.75, 3.05) is 13.2 Å². The van der Waals surface area contributed by atoms with Crippen LogP contribution in [0.5, 0.6) is 17.2 Å². The molecule has 63 heavy (non-hydrogen) atoms. The van der Waals surface area contributed by atoms with Gasteiger partial charge in [-0.15, -0.1) is 0 Å². The van der Waals surface area contributed by atoms with E-state index in [0.717, 1.165) is 55.2 Å². The maximum atomic E-state index is 14.4. The number of nitrogens with zero attached hydrogens (tertiary/aromatic N) is 1. The van der Waals surface area contributed by atoms with Crippen molar-refractivity contribution in [1.82, 2.24) is 0 Å². The third-order valence-corrected chi connectivity index (χ3v) is 11.8. The molecule has 0 saturated carbocycles. The van der Waals surface area contributed by atoms with E-state index in [0.29, 0.717) is 53.4 Å². The van der Waals surface area contributed by atoms with Crippen molar-refractivity contribution in [2.24, 2.45) is 4.99 Å². The minimum Gasteiger partial charge on any atom is -0.507 e. The van der Waals surface area contributed by atoms with Gasteiger partial charge in [-0.2, -0.15) is 0 Å². The lowest BCUT2D eigenvalue weighted by Crippen LogP contribution is -2.42. The molecule has 2 N–H and O–H groups in total. The van der Waals surface area contributed by atoms with E-state index in [1.807, 2.05) is 42.5 Å². The summed E-state index contributed by atoms with van der Waals surface area (Å²) in [4.78, 5) is 18.3. The highest BCUT2D eigenvalue weighted by Crippen LogP contribution is 2.47. The first-order chi connectivity index (χ1) is 30.0. The van der Waals surface area contributed by atoms with Crippen molar-refractivity contribution in [3.05, 3.63) is 124 Å². The molecule has 1 atom stereocenters. The van der Waals surface area contributed by atoms with Gasteiger partial charge in [0.25, 0.3) is 0 Å². The number of carbonyl (C=O) groups is 1. The van der Waals surface area contributed by atoms with Crippen molar-refractivity contribution >= 4 is 12.2 Å². The molecule has 4 aromatic rings. The van der Waals surface area contributed by atoms with Crippen LogP contribution in [0.2, 0.25) is 0 Å². The number of hydrogen-bond acceptors (Lipinski definition) is 7. The van der Waals surface area contributed by atoms with E-state index in [1.165, 1.54) is 44.6 Å².